The molecule has 2 unspecified atom stereocenters. The summed E-state index contributed by atoms with van der Waals surface area (Å²) in [6.07, 6.45) is 4.08. The Kier molecular flexibility index (Phi) is 8.13. The van der Waals surface area contributed by atoms with Gasteiger partial charge in [0.25, 0.3) is 0 Å². The van der Waals surface area contributed by atoms with Gasteiger partial charge in [-0.1, -0.05) is 70.2 Å². The molecule has 0 heterocycles. The van der Waals surface area contributed by atoms with Crippen LogP contribution in [0.1, 0.15) is 39.2 Å². The van der Waals surface area contributed by atoms with Crippen LogP contribution in [0.25, 0.3) is 0 Å². The van der Waals surface area contributed by atoms with E-state index in [1.807, 2.05) is 32.1 Å². The van der Waals surface area contributed by atoms with Crippen LogP contribution < -0.4 is 0 Å². The fourth-order valence-corrected chi connectivity index (χ4v) is 2.02. The zero-order chi connectivity index (χ0) is 13.3. The molecule has 17 heavy (non-hydrogen) atoms. The number of benzene rings is 1. The summed E-state index contributed by atoms with van der Waals surface area (Å²) in [5.41, 5.74) is 1.33. The van der Waals surface area contributed by atoms with Crippen LogP contribution in [0.4, 0.5) is 0 Å². The second kappa shape index (κ2) is 8.81. The Bertz CT molecular complexity index is 308. The van der Waals surface area contributed by atoms with Gasteiger partial charge in [-0.2, -0.15) is 0 Å². The summed E-state index contributed by atoms with van der Waals surface area (Å²) < 4.78 is 0. The molecule has 0 radical (unpaired) electrons. The van der Waals surface area contributed by atoms with Gasteiger partial charge in [0, 0.05) is 5.92 Å². The summed E-state index contributed by atoms with van der Waals surface area (Å²) in [5, 5.41) is 0. The first-order chi connectivity index (χ1) is 8.20. The Hall–Kier alpha value is -1.30. The van der Waals surface area contributed by atoms with Crippen LogP contribution in [0.3, 0.4) is 0 Å². The van der Waals surface area contributed by atoms with Crippen LogP contribution in [-0.4, -0.2) is 0 Å². The van der Waals surface area contributed by atoms with Crippen LogP contribution in [-0.2, 0) is 0 Å². The molecule has 0 aromatic heterocycles. The molecule has 0 amide bonds. The standard InChI is InChI=1S/C15H20.C2H6/c1-5-14(12(3)4)15(6-2)13-10-8-7-9-11-13;1-2/h5-12,14-15H,1-2H2,3-4H3;1-2H3. The van der Waals surface area contributed by atoms with E-state index in [0.717, 1.165) is 0 Å². The Morgan fingerprint density at radius 1 is 0.941 bits per heavy atom. The van der Waals surface area contributed by atoms with Gasteiger partial charge < -0.3 is 0 Å². The van der Waals surface area contributed by atoms with E-state index in [9.17, 15) is 0 Å². The highest BCUT2D eigenvalue weighted by Crippen LogP contribution is 2.31. The lowest BCUT2D eigenvalue weighted by molar-refractivity contribution is 0.429. The topological polar surface area (TPSA) is 0 Å². The van der Waals surface area contributed by atoms with Gasteiger partial charge in [-0.3, -0.25) is 0 Å². The predicted octanol–water partition coefficient (Wildman–Crippen LogP) is 5.44. The molecule has 0 bridgehead atoms. The molecule has 1 aromatic rings. The highest BCUT2D eigenvalue weighted by molar-refractivity contribution is 5.25. The molecule has 0 fully saturated rings. The van der Waals surface area contributed by atoms with Crippen molar-refractivity contribution >= 4 is 0 Å². The molecule has 94 valence electrons. The maximum absolute atomic E-state index is 3.94. The molecule has 0 heteroatoms. The van der Waals surface area contributed by atoms with Gasteiger partial charge in [-0.15, -0.1) is 13.2 Å². The highest BCUT2D eigenvalue weighted by atomic mass is 14.2. The van der Waals surface area contributed by atoms with Crippen LogP contribution in [0.2, 0.25) is 0 Å². The van der Waals surface area contributed by atoms with Crippen LogP contribution in [0.15, 0.2) is 55.6 Å². The summed E-state index contributed by atoms with van der Waals surface area (Å²) in [5.74, 6) is 1.43. The van der Waals surface area contributed by atoms with Crippen molar-refractivity contribution in [1.82, 2.24) is 0 Å². The van der Waals surface area contributed by atoms with Crippen molar-refractivity contribution in [3.63, 3.8) is 0 Å². The van der Waals surface area contributed by atoms with Crippen molar-refractivity contribution in [1.29, 1.82) is 0 Å². The van der Waals surface area contributed by atoms with Crippen molar-refractivity contribution in [2.24, 2.45) is 11.8 Å². The van der Waals surface area contributed by atoms with Gasteiger partial charge in [0.2, 0.25) is 0 Å². The van der Waals surface area contributed by atoms with E-state index in [-0.39, 0.29) is 0 Å². The van der Waals surface area contributed by atoms with Gasteiger partial charge in [-0.05, 0) is 17.4 Å². The van der Waals surface area contributed by atoms with Gasteiger partial charge in [0.1, 0.15) is 0 Å². The Morgan fingerprint density at radius 2 is 1.47 bits per heavy atom. The second-order valence-electron chi connectivity index (χ2n) is 4.23. The minimum Gasteiger partial charge on any atom is -0.103 e. The Labute approximate surface area is 107 Å². The summed E-state index contributed by atoms with van der Waals surface area (Å²) in [7, 11) is 0. The first kappa shape index (κ1) is 15.7. The third-order valence-electron chi connectivity index (χ3n) is 2.90. The van der Waals surface area contributed by atoms with Gasteiger partial charge in [-0.25, -0.2) is 0 Å². The lowest BCUT2D eigenvalue weighted by Gasteiger charge is -2.25. The van der Waals surface area contributed by atoms with Gasteiger partial charge >= 0.3 is 0 Å². The number of rotatable bonds is 5. The van der Waals surface area contributed by atoms with E-state index in [0.29, 0.717) is 17.8 Å². The van der Waals surface area contributed by atoms with E-state index in [1.165, 1.54) is 5.56 Å². The molecular formula is C17H26. The van der Waals surface area contributed by atoms with E-state index < -0.39 is 0 Å². The molecule has 0 aliphatic heterocycles. The third-order valence-corrected chi connectivity index (χ3v) is 2.90. The Balaban J connectivity index is 0.00000121. The largest absolute Gasteiger partial charge is 0.103 e. The van der Waals surface area contributed by atoms with E-state index in [4.69, 9.17) is 0 Å². The fraction of sp³-hybridized carbons (Fsp3) is 0.412. The van der Waals surface area contributed by atoms with Crippen LogP contribution in [0, 0.1) is 11.8 Å². The normalized spacial score (nSPS) is 13.2. The minimum atomic E-state index is 0.378. The van der Waals surface area contributed by atoms with Crippen LogP contribution in [0.5, 0.6) is 0 Å². The molecule has 0 aliphatic carbocycles. The summed E-state index contributed by atoms with van der Waals surface area (Å²) in [6, 6.07) is 10.5. The zero-order valence-corrected chi connectivity index (χ0v) is 11.7. The van der Waals surface area contributed by atoms with Crippen molar-refractivity contribution in [2.45, 2.75) is 33.6 Å². The zero-order valence-electron chi connectivity index (χ0n) is 11.7. The SMILES string of the molecule is C=CC(c1ccccc1)C(C=C)C(C)C.CC. The third kappa shape index (κ3) is 4.60. The molecule has 0 aliphatic rings. The highest BCUT2D eigenvalue weighted by Gasteiger charge is 2.20. The number of hydrogen-bond acceptors (Lipinski definition) is 0. The fourth-order valence-electron chi connectivity index (χ4n) is 2.02. The number of allylic oxidation sites excluding steroid dienone is 2. The average Bonchev–Trinajstić information content (AvgIpc) is 2.38. The first-order valence-corrected chi connectivity index (χ1v) is 6.50. The quantitative estimate of drug-likeness (QED) is 0.591. The molecule has 0 nitrogen and oxygen atoms in total. The molecule has 2 atom stereocenters. The van der Waals surface area contributed by atoms with Gasteiger partial charge in [0.15, 0.2) is 0 Å². The van der Waals surface area contributed by atoms with Crippen molar-refractivity contribution in [2.75, 3.05) is 0 Å². The van der Waals surface area contributed by atoms with Crippen molar-refractivity contribution in [3.8, 4) is 0 Å². The monoisotopic (exact) mass is 230 g/mol. The number of hydrogen-bond donors (Lipinski definition) is 0. The predicted molar refractivity (Wildman–Crippen MR) is 79.3 cm³/mol. The van der Waals surface area contributed by atoms with E-state index >= 15 is 0 Å². The Morgan fingerprint density at radius 3 is 1.82 bits per heavy atom. The molecule has 0 spiro atoms. The molecule has 1 rings (SSSR count). The summed E-state index contributed by atoms with van der Waals surface area (Å²) in [6.45, 7) is 16.3. The first-order valence-electron chi connectivity index (χ1n) is 6.50. The maximum Gasteiger partial charge on any atom is 0.00805 e. The lowest BCUT2D eigenvalue weighted by atomic mass is 9.79. The molecule has 0 N–H and O–H groups in total. The maximum atomic E-state index is 3.94. The molecule has 1 aromatic carbocycles. The smallest absolute Gasteiger partial charge is 0.00805 e. The average molecular weight is 230 g/mol. The van der Waals surface area contributed by atoms with Crippen LogP contribution >= 0.6 is 0 Å². The van der Waals surface area contributed by atoms with Crippen molar-refractivity contribution < 1.29 is 0 Å². The lowest BCUT2D eigenvalue weighted by Crippen LogP contribution is -2.14. The summed E-state index contributed by atoms with van der Waals surface area (Å²) >= 11 is 0. The second-order valence-corrected chi connectivity index (χ2v) is 4.23. The molecule has 0 saturated heterocycles. The van der Waals surface area contributed by atoms with E-state index in [1.54, 1.807) is 0 Å². The summed E-state index contributed by atoms with van der Waals surface area (Å²) in [4.78, 5) is 0. The molecular weight excluding hydrogens is 204 g/mol. The minimum absolute atomic E-state index is 0.378. The molecule has 0 saturated carbocycles. The van der Waals surface area contributed by atoms with Crippen molar-refractivity contribution in [3.05, 3.63) is 61.2 Å². The van der Waals surface area contributed by atoms with Gasteiger partial charge in [0.05, 0.1) is 0 Å². The van der Waals surface area contributed by atoms with E-state index in [2.05, 4.69) is 51.3 Å².